The van der Waals surface area contributed by atoms with Crippen LogP contribution >= 0.6 is 0 Å². The Balaban J connectivity index is 3.56. The third kappa shape index (κ3) is 14.3. The van der Waals surface area contributed by atoms with Crippen molar-refractivity contribution in [2.75, 3.05) is 26.4 Å². The van der Waals surface area contributed by atoms with Gasteiger partial charge in [0.05, 0.1) is 0 Å². The number of nitrogens with one attached hydrogen (secondary N) is 1. The van der Waals surface area contributed by atoms with Crippen LogP contribution in [0.4, 0.5) is 4.79 Å². The van der Waals surface area contributed by atoms with Gasteiger partial charge in [0.1, 0.15) is 0 Å². The lowest BCUT2D eigenvalue weighted by Crippen LogP contribution is -2.39. The van der Waals surface area contributed by atoms with E-state index < -0.39 is 12.1 Å². The summed E-state index contributed by atoms with van der Waals surface area (Å²) in [6, 6.07) is 0. The average Bonchev–Trinajstić information content (AvgIpc) is 2.59. The van der Waals surface area contributed by atoms with Crippen LogP contribution < -0.4 is 5.32 Å². The molecule has 6 heteroatoms. The highest BCUT2D eigenvalue weighted by Crippen LogP contribution is 2.24. The van der Waals surface area contributed by atoms with Crippen LogP contribution in [-0.4, -0.2) is 43.5 Å². The van der Waals surface area contributed by atoms with Crippen LogP contribution in [0.25, 0.3) is 0 Å². The summed E-state index contributed by atoms with van der Waals surface area (Å²) in [5.74, 6) is -0.853. The molecule has 0 rings (SSSR count). The van der Waals surface area contributed by atoms with Crippen LogP contribution in [0, 0.1) is 0 Å². The molecule has 0 radical (unpaired) electrons. The van der Waals surface area contributed by atoms with Gasteiger partial charge in [0.25, 0.3) is 5.97 Å². The second-order valence-corrected chi connectivity index (χ2v) is 6.50. The van der Waals surface area contributed by atoms with Gasteiger partial charge in [-0.15, -0.1) is 0 Å². The van der Waals surface area contributed by atoms with Crippen molar-refractivity contribution < 1.29 is 24.1 Å². The van der Waals surface area contributed by atoms with Gasteiger partial charge in [-0.1, -0.05) is 51.4 Å². The molecule has 0 aliphatic heterocycles. The van der Waals surface area contributed by atoms with E-state index in [0.717, 1.165) is 25.7 Å². The lowest BCUT2D eigenvalue weighted by atomic mass is 10.1. The van der Waals surface area contributed by atoms with E-state index in [1.807, 2.05) is 20.8 Å². The first kappa shape index (κ1) is 25.1. The normalized spacial score (nSPS) is 11.7. The molecular weight excluding hydrogens is 334 g/mol. The number of ether oxygens (including phenoxy) is 3. The second-order valence-electron chi connectivity index (χ2n) is 6.50. The quantitative estimate of drug-likeness (QED) is 0.236. The van der Waals surface area contributed by atoms with Gasteiger partial charge in [-0.3, -0.25) is 0 Å². The first-order valence-corrected chi connectivity index (χ1v) is 10.5. The molecule has 0 unspecified atom stereocenters. The summed E-state index contributed by atoms with van der Waals surface area (Å²) in [6.07, 6.45) is 11.6. The molecular formula is C20H41NO5. The van der Waals surface area contributed by atoms with E-state index in [9.17, 15) is 4.79 Å². The van der Waals surface area contributed by atoms with Crippen molar-refractivity contribution in [3.05, 3.63) is 0 Å². The van der Waals surface area contributed by atoms with Gasteiger partial charge in [0, 0.05) is 32.8 Å². The number of carboxylic acid groups (broad SMARTS) is 1. The fourth-order valence-corrected chi connectivity index (χ4v) is 3.08. The number of unbranched alkanes of at least 4 members (excludes halogenated alkanes) is 9. The lowest BCUT2D eigenvalue weighted by Gasteiger charge is -2.32. The molecule has 0 saturated heterocycles. The Kier molecular flexibility index (Phi) is 17.0. The zero-order valence-electron chi connectivity index (χ0n) is 17.2. The highest BCUT2D eigenvalue weighted by atomic mass is 16.9. The highest BCUT2D eigenvalue weighted by molar-refractivity contribution is 5.64. The third-order valence-corrected chi connectivity index (χ3v) is 4.28. The van der Waals surface area contributed by atoms with Crippen molar-refractivity contribution >= 4 is 6.09 Å². The van der Waals surface area contributed by atoms with Crippen molar-refractivity contribution in [1.29, 1.82) is 0 Å². The van der Waals surface area contributed by atoms with Gasteiger partial charge in [-0.25, -0.2) is 4.79 Å². The standard InChI is InChI=1S/C20H41NO5/c1-4-24-20(25-5-2,26-6-3)17-15-13-11-9-7-8-10-12-14-16-18-21-19(22)23/h21H,4-18H2,1-3H3,(H,22,23). The van der Waals surface area contributed by atoms with Crippen LogP contribution in [0.15, 0.2) is 0 Å². The Bertz CT molecular complexity index is 308. The van der Waals surface area contributed by atoms with E-state index >= 15 is 0 Å². The maximum absolute atomic E-state index is 10.3. The van der Waals surface area contributed by atoms with E-state index in [0.29, 0.717) is 26.4 Å². The van der Waals surface area contributed by atoms with E-state index in [4.69, 9.17) is 19.3 Å². The van der Waals surface area contributed by atoms with Gasteiger partial charge in [-0.2, -0.15) is 0 Å². The minimum Gasteiger partial charge on any atom is -0.465 e. The molecule has 156 valence electrons. The number of rotatable bonds is 19. The first-order chi connectivity index (χ1) is 12.6. The Morgan fingerprint density at radius 2 is 1.12 bits per heavy atom. The van der Waals surface area contributed by atoms with Crippen molar-refractivity contribution in [3.63, 3.8) is 0 Å². The fraction of sp³-hybridized carbons (Fsp3) is 0.950. The Labute approximate surface area is 160 Å². The lowest BCUT2D eigenvalue weighted by molar-refractivity contribution is -0.380. The van der Waals surface area contributed by atoms with E-state index in [2.05, 4.69) is 5.32 Å². The van der Waals surface area contributed by atoms with Crippen LogP contribution in [0.3, 0.4) is 0 Å². The van der Waals surface area contributed by atoms with Crippen LogP contribution in [0.2, 0.25) is 0 Å². The molecule has 0 spiro atoms. The Hall–Kier alpha value is -0.850. The molecule has 0 atom stereocenters. The maximum atomic E-state index is 10.3. The third-order valence-electron chi connectivity index (χ3n) is 4.28. The second kappa shape index (κ2) is 17.6. The van der Waals surface area contributed by atoms with Crippen molar-refractivity contribution in [1.82, 2.24) is 5.32 Å². The Morgan fingerprint density at radius 1 is 0.731 bits per heavy atom. The average molecular weight is 376 g/mol. The first-order valence-electron chi connectivity index (χ1n) is 10.5. The van der Waals surface area contributed by atoms with Crippen molar-refractivity contribution in [2.45, 2.75) is 97.4 Å². The molecule has 0 aromatic rings. The Morgan fingerprint density at radius 3 is 1.50 bits per heavy atom. The molecule has 0 aromatic heterocycles. The largest absolute Gasteiger partial charge is 0.465 e. The number of hydrogen-bond donors (Lipinski definition) is 2. The van der Waals surface area contributed by atoms with E-state index in [1.54, 1.807) is 0 Å². The summed E-state index contributed by atoms with van der Waals surface area (Å²) in [5, 5.41) is 10.9. The molecule has 2 N–H and O–H groups in total. The summed E-state index contributed by atoms with van der Waals surface area (Å²) in [5.41, 5.74) is 0. The molecule has 0 aliphatic carbocycles. The van der Waals surface area contributed by atoms with Crippen molar-refractivity contribution in [2.24, 2.45) is 0 Å². The van der Waals surface area contributed by atoms with Crippen LogP contribution in [-0.2, 0) is 14.2 Å². The SMILES string of the molecule is CCOC(CCCCCCCCCCCCNC(=O)O)(OCC)OCC. The number of amides is 1. The summed E-state index contributed by atoms with van der Waals surface area (Å²) in [4.78, 5) is 10.3. The zero-order valence-corrected chi connectivity index (χ0v) is 17.2. The predicted octanol–water partition coefficient (Wildman–Crippen LogP) is 5.31. The summed E-state index contributed by atoms with van der Waals surface area (Å²) < 4.78 is 17.2. The van der Waals surface area contributed by atoms with Crippen LogP contribution in [0.1, 0.15) is 91.4 Å². The molecule has 0 aliphatic rings. The van der Waals surface area contributed by atoms with Gasteiger partial charge < -0.3 is 24.6 Å². The topological polar surface area (TPSA) is 77.0 Å². The monoisotopic (exact) mass is 375 g/mol. The number of hydrogen-bond acceptors (Lipinski definition) is 4. The minimum atomic E-state index is -0.925. The molecule has 0 saturated carbocycles. The smallest absolute Gasteiger partial charge is 0.404 e. The molecule has 0 bridgehead atoms. The number of carbonyl (C=O) groups is 1. The molecule has 26 heavy (non-hydrogen) atoms. The van der Waals surface area contributed by atoms with Crippen molar-refractivity contribution in [3.8, 4) is 0 Å². The summed E-state index contributed by atoms with van der Waals surface area (Å²) in [6.45, 7) is 8.24. The van der Waals surface area contributed by atoms with E-state index in [-0.39, 0.29) is 0 Å². The van der Waals surface area contributed by atoms with Gasteiger partial charge in [0.2, 0.25) is 0 Å². The fourth-order valence-electron chi connectivity index (χ4n) is 3.08. The summed E-state index contributed by atoms with van der Waals surface area (Å²) >= 11 is 0. The highest BCUT2D eigenvalue weighted by Gasteiger charge is 2.31. The minimum absolute atomic E-state index is 0.571. The van der Waals surface area contributed by atoms with Crippen LogP contribution in [0.5, 0.6) is 0 Å². The summed E-state index contributed by atoms with van der Waals surface area (Å²) in [7, 11) is 0. The molecule has 6 nitrogen and oxygen atoms in total. The molecule has 1 amide bonds. The molecule has 0 aromatic carbocycles. The van der Waals surface area contributed by atoms with Gasteiger partial charge in [-0.05, 0) is 33.6 Å². The zero-order chi connectivity index (χ0) is 19.5. The molecule has 0 heterocycles. The van der Waals surface area contributed by atoms with Gasteiger partial charge in [0.15, 0.2) is 0 Å². The predicted molar refractivity (Wildman–Crippen MR) is 104 cm³/mol. The van der Waals surface area contributed by atoms with Gasteiger partial charge >= 0.3 is 6.09 Å². The maximum Gasteiger partial charge on any atom is 0.404 e. The molecule has 0 fully saturated rings. The van der Waals surface area contributed by atoms with E-state index in [1.165, 1.54) is 44.9 Å².